The summed E-state index contributed by atoms with van der Waals surface area (Å²) in [4.78, 5) is 0. The molecule has 1 saturated carbocycles. The second-order valence-corrected chi connectivity index (χ2v) is 1.55. The molecule has 0 radical (unpaired) electrons. The lowest BCUT2D eigenvalue weighted by molar-refractivity contribution is 0.886. The van der Waals surface area contributed by atoms with Gasteiger partial charge in [0.05, 0.1) is 0 Å². The molecule has 0 aliphatic heterocycles. The summed E-state index contributed by atoms with van der Waals surface area (Å²) in [5.41, 5.74) is 0. The molecule has 36 valence electrons. The van der Waals surface area contributed by atoms with Crippen molar-refractivity contribution < 1.29 is 6.85 Å². The molecule has 1 aliphatic rings. The summed E-state index contributed by atoms with van der Waals surface area (Å²) < 4.78 is 36.3. The van der Waals surface area contributed by atoms with Crippen LogP contribution in [-0.2, 0) is 0 Å². The first kappa shape index (κ1) is 1.38. The van der Waals surface area contributed by atoms with Gasteiger partial charge in [-0.15, -0.1) is 11.6 Å². The highest BCUT2D eigenvalue weighted by Gasteiger charge is 2.09. The molecule has 0 unspecified atom stereocenters. The molecule has 1 heteroatoms. The van der Waals surface area contributed by atoms with E-state index in [4.69, 9.17) is 18.5 Å². The van der Waals surface area contributed by atoms with Crippen molar-refractivity contribution in [1.82, 2.24) is 0 Å². The Morgan fingerprint density at radius 2 is 2.17 bits per heavy atom. The lowest BCUT2D eigenvalue weighted by atomic mass is 10.4. The SMILES string of the molecule is [2H]C1([2H])CCC([2H])([2H])C1([2H])Cl. The van der Waals surface area contributed by atoms with Gasteiger partial charge in [0.25, 0.3) is 0 Å². The molecule has 1 aliphatic carbocycles. The van der Waals surface area contributed by atoms with Gasteiger partial charge in [-0.2, -0.15) is 0 Å². The van der Waals surface area contributed by atoms with Crippen molar-refractivity contribution in [2.45, 2.75) is 30.9 Å². The van der Waals surface area contributed by atoms with Crippen LogP contribution in [0.1, 0.15) is 32.4 Å². The minimum absolute atomic E-state index is 0.0208. The van der Waals surface area contributed by atoms with E-state index in [1.54, 1.807) is 0 Å². The molecule has 6 heavy (non-hydrogen) atoms. The lowest BCUT2D eigenvalue weighted by Gasteiger charge is -1.88. The third kappa shape index (κ3) is 0.874. The van der Waals surface area contributed by atoms with E-state index < -0.39 is 18.1 Å². The molecule has 0 spiro atoms. The Morgan fingerprint density at radius 3 is 2.33 bits per heavy atom. The Bertz CT molecular complexity index is 158. The topological polar surface area (TPSA) is 0 Å². The van der Waals surface area contributed by atoms with E-state index >= 15 is 0 Å². The van der Waals surface area contributed by atoms with Gasteiger partial charge in [-0.05, 0) is 12.7 Å². The fourth-order valence-electron chi connectivity index (χ4n) is 0.407. The standard InChI is InChI=1S/C5H9Cl/c6-5-3-1-2-4-5/h5H,1-4H2/i3D2,4D2,5D. The molecule has 0 saturated heterocycles. The number of hydrogen-bond acceptors (Lipinski definition) is 0. The third-order valence-electron chi connectivity index (χ3n) is 0.685. The molecule has 0 bridgehead atoms. The molecule has 1 fully saturated rings. The second-order valence-electron chi connectivity index (χ2n) is 1.17. The van der Waals surface area contributed by atoms with Crippen molar-refractivity contribution in [2.24, 2.45) is 0 Å². The van der Waals surface area contributed by atoms with Crippen LogP contribution in [0.4, 0.5) is 0 Å². The Labute approximate surface area is 50.5 Å². The van der Waals surface area contributed by atoms with Crippen molar-refractivity contribution >= 4 is 11.6 Å². The average molecular weight is 110 g/mol. The van der Waals surface area contributed by atoms with Crippen LogP contribution in [0.15, 0.2) is 0 Å². The van der Waals surface area contributed by atoms with Crippen molar-refractivity contribution in [3.8, 4) is 0 Å². The summed E-state index contributed by atoms with van der Waals surface area (Å²) in [6.45, 7) is 0. The first-order valence-electron chi connectivity index (χ1n) is 4.40. The summed E-state index contributed by atoms with van der Waals surface area (Å²) in [6.07, 6.45) is -3.80. The van der Waals surface area contributed by atoms with Crippen LogP contribution in [-0.4, -0.2) is 5.35 Å². The normalized spacial score (nSPS) is 59.8. The third-order valence-corrected chi connectivity index (χ3v) is 0.953. The molecule has 0 aromatic rings. The summed E-state index contributed by atoms with van der Waals surface area (Å²) >= 11 is 5.47. The van der Waals surface area contributed by atoms with Gasteiger partial charge < -0.3 is 0 Å². The van der Waals surface area contributed by atoms with Crippen LogP contribution in [0, 0.1) is 0 Å². The first-order valence-corrected chi connectivity index (χ1v) is 2.27. The molecule has 0 aromatic carbocycles. The summed E-state index contributed by atoms with van der Waals surface area (Å²) in [7, 11) is 0. The molecule has 1 rings (SSSR count). The Morgan fingerprint density at radius 1 is 1.67 bits per heavy atom. The lowest BCUT2D eigenvalue weighted by Crippen LogP contribution is -1.83. The van der Waals surface area contributed by atoms with Crippen LogP contribution in [0.3, 0.4) is 0 Å². The van der Waals surface area contributed by atoms with Crippen LogP contribution >= 0.6 is 11.6 Å². The predicted octanol–water partition coefficient (Wildman–Crippen LogP) is 2.17. The number of hydrogen-bond donors (Lipinski definition) is 0. The smallest absolute Gasteiger partial charge is 0.0472 e. The summed E-state index contributed by atoms with van der Waals surface area (Å²) in [5.74, 6) is 0. The fraction of sp³-hybridized carbons (Fsp3) is 1.00. The van der Waals surface area contributed by atoms with E-state index in [-0.39, 0.29) is 12.8 Å². The van der Waals surface area contributed by atoms with Crippen molar-refractivity contribution in [3.63, 3.8) is 0 Å². The minimum Gasteiger partial charge on any atom is -0.123 e. The zero-order valence-corrected chi connectivity index (χ0v) is 4.05. The highest BCUT2D eigenvalue weighted by Crippen LogP contribution is 2.22. The highest BCUT2D eigenvalue weighted by atomic mass is 35.5. The van der Waals surface area contributed by atoms with E-state index in [1.807, 2.05) is 0 Å². The summed E-state index contributed by atoms with van der Waals surface area (Å²) in [5, 5.41) is -2.12. The molecule has 0 atom stereocenters. The molecule has 0 nitrogen and oxygen atoms in total. The maximum atomic E-state index is 7.31. The monoisotopic (exact) mass is 109 g/mol. The van der Waals surface area contributed by atoms with Gasteiger partial charge in [0, 0.05) is 12.2 Å². The molecular weight excluding hydrogens is 95.5 g/mol. The number of alkyl halides is 1. The number of rotatable bonds is 0. The predicted molar refractivity (Wildman–Crippen MR) is 28.1 cm³/mol. The molecule has 0 amide bonds. The summed E-state index contributed by atoms with van der Waals surface area (Å²) in [6, 6.07) is 0. The quantitative estimate of drug-likeness (QED) is 0.419. The van der Waals surface area contributed by atoms with Gasteiger partial charge in [0.15, 0.2) is 0 Å². The zero-order valence-electron chi connectivity index (χ0n) is 8.29. The van der Waals surface area contributed by atoms with Crippen LogP contribution in [0.5, 0.6) is 0 Å². The highest BCUT2D eigenvalue weighted by molar-refractivity contribution is 6.20. The van der Waals surface area contributed by atoms with Gasteiger partial charge in [-0.25, -0.2) is 0 Å². The second kappa shape index (κ2) is 1.83. The van der Waals surface area contributed by atoms with Gasteiger partial charge in [-0.3, -0.25) is 0 Å². The Kier molecular flexibility index (Phi) is 0.422. The minimum atomic E-state index is -2.12. The molecule has 0 aromatic heterocycles. The maximum Gasteiger partial charge on any atom is 0.0472 e. The zero-order chi connectivity index (χ0) is 8.91. The largest absolute Gasteiger partial charge is 0.123 e. The maximum absolute atomic E-state index is 7.31. The number of halogens is 1. The van der Waals surface area contributed by atoms with Gasteiger partial charge >= 0.3 is 0 Å². The Hall–Kier alpha value is 0.290. The van der Waals surface area contributed by atoms with Crippen molar-refractivity contribution in [3.05, 3.63) is 0 Å². The average Bonchev–Trinajstić information content (AvgIpc) is 1.93. The van der Waals surface area contributed by atoms with E-state index in [2.05, 4.69) is 0 Å². The van der Waals surface area contributed by atoms with Crippen molar-refractivity contribution in [1.29, 1.82) is 0 Å². The van der Waals surface area contributed by atoms with Gasteiger partial charge in [0.2, 0.25) is 0 Å². The first-order chi connectivity index (χ1) is 4.71. The van der Waals surface area contributed by atoms with Crippen LogP contribution in [0.2, 0.25) is 0 Å². The van der Waals surface area contributed by atoms with Crippen molar-refractivity contribution in [2.75, 3.05) is 0 Å². The van der Waals surface area contributed by atoms with Gasteiger partial charge in [-0.1, -0.05) is 12.8 Å². The van der Waals surface area contributed by atoms with Gasteiger partial charge in [0.1, 0.15) is 0 Å². The van der Waals surface area contributed by atoms with E-state index in [0.717, 1.165) is 0 Å². The van der Waals surface area contributed by atoms with Crippen LogP contribution in [0.25, 0.3) is 0 Å². The molecule has 0 N–H and O–H groups in total. The van der Waals surface area contributed by atoms with Crippen LogP contribution < -0.4 is 0 Å². The fourth-order valence-corrected chi connectivity index (χ4v) is 0.596. The van der Waals surface area contributed by atoms with E-state index in [1.165, 1.54) is 0 Å². The molecular formula is C5H9Cl. The molecule has 0 heterocycles. The van der Waals surface area contributed by atoms with E-state index in [9.17, 15) is 0 Å². The van der Waals surface area contributed by atoms with E-state index in [0.29, 0.717) is 0 Å². The Balaban J connectivity index is 3.00.